The standard InChI is InChI=1S/C15H17F2NO3S/c1-9(14(20)21)8-18(11-4-5-11)13(19)10-2-6-12(7-3-10)22-15(16)17/h2-3,6-7,9,11,15H,4-5,8H2,1H3,(H,20,21). The predicted octanol–water partition coefficient (Wildman–Crippen LogP) is 3.33. The maximum Gasteiger partial charge on any atom is 0.308 e. The van der Waals surface area contributed by atoms with Crippen LogP contribution in [0, 0.1) is 5.92 Å². The van der Waals surface area contributed by atoms with E-state index in [1.54, 1.807) is 11.8 Å². The normalized spacial score (nSPS) is 15.6. The second kappa shape index (κ2) is 7.09. The number of rotatable bonds is 7. The van der Waals surface area contributed by atoms with Crippen molar-refractivity contribution in [3.63, 3.8) is 0 Å². The molecule has 0 bridgehead atoms. The molecule has 1 amide bonds. The first-order valence-corrected chi connectivity index (χ1v) is 7.85. The van der Waals surface area contributed by atoms with Crippen molar-refractivity contribution >= 4 is 23.6 Å². The van der Waals surface area contributed by atoms with E-state index < -0.39 is 17.6 Å². The lowest BCUT2D eigenvalue weighted by molar-refractivity contribution is -0.141. The lowest BCUT2D eigenvalue weighted by Crippen LogP contribution is -2.38. The third kappa shape index (κ3) is 4.43. The maximum absolute atomic E-state index is 12.5. The highest BCUT2D eigenvalue weighted by Gasteiger charge is 2.34. The van der Waals surface area contributed by atoms with Crippen LogP contribution in [-0.4, -0.2) is 40.2 Å². The maximum atomic E-state index is 12.5. The molecule has 0 radical (unpaired) electrons. The first-order chi connectivity index (χ1) is 10.4. The minimum absolute atomic E-state index is 0.0874. The molecular formula is C15H17F2NO3S. The van der Waals surface area contributed by atoms with Crippen molar-refractivity contribution in [1.29, 1.82) is 0 Å². The van der Waals surface area contributed by atoms with Crippen molar-refractivity contribution in [2.24, 2.45) is 5.92 Å². The Morgan fingerprint density at radius 2 is 1.91 bits per heavy atom. The number of amides is 1. The van der Waals surface area contributed by atoms with Gasteiger partial charge in [0.1, 0.15) is 0 Å². The average molecular weight is 329 g/mol. The lowest BCUT2D eigenvalue weighted by atomic mass is 10.1. The molecule has 1 aliphatic rings. The van der Waals surface area contributed by atoms with E-state index in [1.165, 1.54) is 24.3 Å². The highest BCUT2D eigenvalue weighted by atomic mass is 32.2. The van der Waals surface area contributed by atoms with Gasteiger partial charge in [-0.3, -0.25) is 9.59 Å². The number of halogens is 2. The summed E-state index contributed by atoms with van der Waals surface area (Å²) < 4.78 is 24.5. The van der Waals surface area contributed by atoms with Gasteiger partial charge < -0.3 is 10.0 Å². The lowest BCUT2D eigenvalue weighted by Gasteiger charge is -2.24. The summed E-state index contributed by atoms with van der Waals surface area (Å²) in [5, 5.41) is 8.99. The first kappa shape index (κ1) is 16.7. The van der Waals surface area contributed by atoms with E-state index >= 15 is 0 Å². The van der Waals surface area contributed by atoms with E-state index in [1.807, 2.05) is 0 Å². The third-order valence-electron chi connectivity index (χ3n) is 3.47. The van der Waals surface area contributed by atoms with Crippen molar-refractivity contribution in [3.8, 4) is 0 Å². The molecule has 2 rings (SSSR count). The van der Waals surface area contributed by atoms with Crippen molar-refractivity contribution < 1.29 is 23.5 Å². The van der Waals surface area contributed by atoms with E-state index in [2.05, 4.69) is 0 Å². The molecule has 1 unspecified atom stereocenters. The minimum atomic E-state index is -2.50. The fourth-order valence-electron chi connectivity index (χ4n) is 2.10. The van der Waals surface area contributed by atoms with Gasteiger partial charge in [-0.25, -0.2) is 0 Å². The van der Waals surface area contributed by atoms with Crippen LogP contribution in [0.1, 0.15) is 30.1 Å². The molecule has 1 saturated carbocycles. The molecule has 0 aromatic heterocycles. The van der Waals surface area contributed by atoms with Crippen molar-refractivity contribution in [2.75, 3.05) is 6.54 Å². The molecule has 1 N–H and O–H groups in total. The molecular weight excluding hydrogens is 312 g/mol. The molecule has 1 aromatic carbocycles. The van der Waals surface area contributed by atoms with Gasteiger partial charge in [-0.1, -0.05) is 18.7 Å². The second-order valence-corrected chi connectivity index (χ2v) is 6.39. The number of carbonyl (C=O) groups is 2. The number of hydrogen-bond donors (Lipinski definition) is 1. The highest BCUT2D eigenvalue weighted by molar-refractivity contribution is 7.99. The molecule has 0 spiro atoms. The van der Waals surface area contributed by atoms with Crippen molar-refractivity contribution in [3.05, 3.63) is 29.8 Å². The molecule has 4 nitrogen and oxygen atoms in total. The molecule has 7 heteroatoms. The number of carbonyl (C=O) groups excluding carboxylic acids is 1. The van der Waals surface area contributed by atoms with Gasteiger partial charge in [0.25, 0.3) is 11.7 Å². The first-order valence-electron chi connectivity index (χ1n) is 6.97. The summed E-state index contributed by atoms with van der Waals surface area (Å²) in [7, 11) is 0. The second-order valence-electron chi connectivity index (χ2n) is 5.33. The summed E-state index contributed by atoms with van der Waals surface area (Å²) in [5.74, 6) is -4.33. The zero-order chi connectivity index (χ0) is 16.3. The largest absolute Gasteiger partial charge is 0.481 e. The summed E-state index contributed by atoms with van der Waals surface area (Å²) in [6.45, 7) is 1.72. The van der Waals surface area contributed by atoms with Crippen molar-refractivity contribution in [1.82, 2.24) is 4.90 Å². The Morgan fingerprint density at radius 3 is 2.36 bits per heavy atom. The number of aliphatic carboxylic acids is 1. The van der Waals surface area contributed by atoms with Gasteiger partial charge >= 0.3 is 5.97 Å². The van der Waals surface area contributed by atoms with E-state index in [-0.39, 0.29) is 18.5 Å². The van der Waals surface area contributed by atoms with Crippen LogP contribution < -0.4 is 0 Å². The van der Waals surface area contributed by atoms with Gasteiger partial charge in [-0.15, -0.1) is 0 Å². The minimum Gasteiger partial charge on any atom is -0.481 e. The molecule has 1 aliphatic carbocycles. The Labute approximate surface area is 131 Å². The SMILES string of the molecule is CC(CN(C(=O)c1ccc(SC(F)F)cc1)C1CC1)C(=O)O. The molecule has 0 saturated heterocycles. The Morgan fingerprint density at radius 1 is 1.32 bits per heavy atom. The zero-order valence-corrected chi connectivity index (χ0v) is 12.9. The average Bonchev–Trinajstić information content (AvgIpc) is 3.28. The topological polar surface area (TPSA) is 57.6 Å². The Balaban J connectivity index is 2.08. The quantitative estimate of drug-likeness (QED) is 0.780. The van der Waals surface area contributed by atoms with Gasteiger partial charge in [-0.05, 0) is 37.1 Å². The molecule has 0 aliphatic heterocycles. The number of hydrogen-bond acceptors (Lipinski definition) is 3. The van der Waals surface area contributed by atoms with E-state index in [4.69, 9.17) is 5.11 Å². The molecule has 120 valence electrons. The summed E-state index contributed by atoms with van der Waals surface area (Å²) in [6.07, 6.45) is 1.74. The van der Waals surface area contributed by atoms with Gasteiger partial charge in [0.2, 0.25) is 0 Å². The number of carboxylic acid groups (broad SMARTS) is 1. The molecule has 0 heterocycles. The molecule has 1 aromatic rings. The van der Waals surface area contributed by atoms with Gasteiger partial charge in [0.05, 0.1) is 5.92 Å². The van der Waals surface area contributed by atoms with Crippen LogP contribution in [0.4, 0.5) is 8.78 Å². The van der Waals surface area contributed by atoms with E-state index in [9.17, 15) is 18.4 Å². The number of benzene rings is 1. The van der Waals surface area contributed by atoms with Crippen LogP contribution in [0.15, 0.2) is 29.2 Å². The molecule has 1 atom stereocenters. The Hall–Kier alpha value is -1.63. The summed E-state index contributed by atoms with van der Waals surface area (Å²) in [4.78, 5) is 25.4. The number of carboxylic acids is 1. The van der Waals surface area contributed by atoms with Crippen LogP contribution in [0.3, 0.4) is 0 Å². The molecule has 22 heavy (non-hydrogen) atoms. The summed E-state index contributed by atoms with van der Waals surface area (Å²) in [6, 6.07) is 6.07. The summed E-state index contributed by atoms with van der Waals surface area (Å²) >= 11 is 0.425. The predicted molar refractivity (Wildman–Crippen MR) is 79.2 cm³/mol. The van der Waals surface area contributed by atoms with Crippen LogP contribution in [-0.2, 0) is 4.79 Å². The van der Waals surface area contributed by atoms with E-state index in [0.717, 1.165) is 12.8 Å². The smallest absolute Gasteiger partial charge is 0.308 e. The van der Waals surface area contributed by atoms with Crippen molar-refractivity contribution in [2.45, 2.75) is 36.5 Å². The van der Waals surface area contributed by atoms with Crippen LogP contribution in [0.25, 0.3) is 0 Å². The van der Waals surface area contributed by atoms with Crippen LogP contribution in [0.5, 0.6) is 0 Å². The Bertz CT molecular complexity index is 546. The van der Waals surface area contributed by atoms with Gasteiger partial charge in [0.15, 0.2) is 0 Å². The highest BCUT2D eigenvalue weighted by Crippen LogP contribution is 2.30. The fraction of sp³-hybridized carbons (Fsp3) is 0.467. The fourth-order valence-corrected chi connectivity index (χ4v) is 2.60. The van der Waals surface area contributed by atoms with Gasteiger partial charge in [0, 0.05) is 23.0 Å². The monoisotopic (exact) mass is 329 g/mol. The van der Waals surface area contributed by atoms with E-state index in [0.29, 0.717) is 22.2 Å². The van der Waals surface area contributed by atoms with Crippen LogP contribution in [0.2, 0.25) is 0 Å². The number of thioether (sulfide) groups is 1. The molecule has 1 fully saturated rings. The summed E-state index contributed by atoms with van der Waals surface area (Å²) in [5.41, 5.74) is 0.392. The zero-order valence-electron chi connectivity index (χ0n) is 12.0. The Kier molecular flexibility index (Phi) is 5.39. The third-order valence-corrected chi connectivity index (χ3v) is 4.19. The number of alkyl halides is 2. The van der Waals surface area contributed by atoms with Gasteiger partial charge in [-0.2, -0.15) is 8.78 Å². The number of nitrogens with zero attached hydrogens (tertiary/aromatic N) is 1. The van der Waals surface area contributed by atoms with Crippen LogP contribution >= 0.6 is 11.8 Å².